The Labute approximate surface area is 166 Å². The maximum Gasteiger partial charge on any atom is 0.289 e. The summed E-state index contributed by atoms with van der Waals surface area (Å²) in [6.45, 7) is 3.84. The van der Waals surface area contributed by atoms with E-state index < -0.39 is 0 Å². The highest BCUT2D eigenvalue weighted by atomic mass is 32.1. The van der Waals surface area contributed by atoms with Crippen molar-refractivity contribution in [3.63, 3.8) is 0 Å². The molecule has 0 unspecified atom stereocenters. The van der Waals surface area contributed by atoms with Gasteiger partial charge < -0.3 is 19.5 Å². The maximum atomic E-state index is 12.3. The van der Waals surface area contributed by atoms with E-state index in [0.29, 0.717) is 37.1 Å². The summed E-state index contributed by atoms with van der Waals surface area (Å²) >= 11 is 1.36. The number of rotatable bonds is 7. The van der Waals surface area contributed by atoms with Crippen LogP contribution in [0.5, 0.6) is 0 Å². The van der Waals surface area contributed by atoms with Crippen molar-refractivity contribution in [2.45, 2.75) is 32.6 Å². The van der Waals surface area contributed by atoms with Gasteiger partial charge in [-0.3, -0.25) is 14.4 Å². The molecule has 0 bridgehead atoms. The molecule has 1 N–H and O–H groups in total. The quantitative estimate of drug-likeness (QED) is 0.752. The fourth-order valence-corrected chi connectivity index (χ4v) is 3.75. The molecule has 2 aromatic rings. The Morgan fingerprint density at radius 1 is 1.14 bits per heavy atom. The number of aromatic nitrogens is 2. The highest BCUT2D eigenvalue weighted by Crippen LogP contribution is 2.17. The standard InChI is InChI=1S/C18H23N5O4S/c1-2-4-15-20-21-18(28-15)19-14(24)6-7-16(25)22-8-10-23(11-9-22)17(26)13-5-3-12-27-13/h3,5,12H,2,4,6-11H2,1H3,(H,19,21,24). The van der Waals surface area contributed by atoms with E-state index in [1.54, 1.807) is 21.9 Å². The van der Waals surface area contributed by atoms with Gasteiger partial charge in [-0.2, -0.15) is 0 Å². The zero-order chi connectivity index (χ0) is 19.9. The van der Waals surface area contributed by atoms with Gasteiger partial charge in [0.05, 0.1) is 6.26 Å². The number of nitrogens with zero attached hydrogens (tertiary/aromatic N) is 4. The molecule has 1 aliphatic heterocycles. The van der Waals surface area contributed by atoms with Crippen molar-refractivity contribution in [3.8, 4) is 0 Å². The van der Waals surface area contributed by atoms with Gasteiger partial charge in [-0.1, -0.05) is 18.3 Å². The van der Waals surface area contributed by atoms with E-state index in [4.69, 9.17) is 4.42 Å². The van der Waals surface area contributed by atoms with Crippen LogP contribution in [0, 0.1) is 0 Å². The van der Waals surface area contributed by atoms with Crippen molar-refractivity contribution >= 4 is 34.2 Å². The van der Waals surface area contributed by atoms with Gasteiger partial charge in [0.15, 0.2) is 5.76 Å². The fraction of sp³-hybridized carbons (Fsp3) is 0.500. The van der Waals surface area contributed by atoms with Gasteiger partial charge in [-0.15, -0.1) is 10.2 Å². The van der Waals surface area contributed by atoms with Gasteiger partial charge in [-0.05, 0) is 18.6 Å². The van der Waals surface area contributed by atoms with E-state index in [1.165, 1.54) is 17.6 Å². The average Bonchev–Trinajstić information content (AvgIpc) is 3.38. The topological polar surface area (TPSA) is 109 Å². The van der Waals surface area contributed by atoms with Crippen LogP contribution in [-0.4, -0.2) is 63.9 Å². The molecule has 3 rings (SSSR count). The lowest BCUT2D eigenvalue weighted by Gasteiger charge is -2.34. The minimum absolute atomic E-state index is 0.0903. The number of piperazine rings is 1. The molecule has 2 aromatic heterocycles. The second kappa shape index (κ2) is 9.45. The van der Waals surface area contributed by atoms with E-state index in [2.05, 4.69) is 22.4 Å². The van der Waals surface area contributed by atoms with Gasteiger partial charge >= 0.3 is 0 Å². The number of anilines is 1. The minimum atomic E-state index is -0.251. The van der Waals surface area contributed by atoms with Gasteiger partial charge in [0.2, 0.25) is 16.9 Å². The molecule has 0 spiro atoms. The third kappa shape index (κ3) is 5.16. The number of carbonyl (C=O) groups excluding carboxylic acids is 3. The Bertz CT molecular complexity index is 812. The van der Waals surface area contributed by atoms with Crippen LogP contribution in [0.15, 0.2) is 22.8 Å². The molecule has 150 valence electrons. The molecule has 28 heavy (non-hydrogen) atoms. The lowest BCUT2D eigenvalue weighted by atomic mass is 10.2. The molecule has 3 amide bonds. The molecule has 0 aliphatic carbocycles. The summed E-state index contributed by atoms with van der Waals surface area (Å²) in [5.74, 6) is -0.213. The number of hydrogen-bond acceptors (Lipinski definition) is 7. The molecular weight excluding hydrogens is 382 g/mol. The Morgan fingerprint density at radius 2 is 1.89 bits per heavy atom. The summed E-state index contributed by atoms with van der Waals surface area (Å²) in [6.07, 6.45) is 3.48. The molecule has 10 heteroatoms. The zero-order valence-electron chi connectivity index (χ0n) is 15.7. The number of furan rings is 1. The van der Waals surface area contributed by atoms with Gasteiger partial charge in [0.1, 0.15) is 5.01 Å². The molecule has 0 atom stereocenters. The Morgan fingerprint density at radius 3 is 2.57 bits per heavy atom. The van der Waals surface area contributed by atoms with Crippen LogP contribution in [0.25, 0.3) is 0 Å². The first-order chi connectivity index (χ1) is 13.6. The minimum Gasteiger partial charge on any atom is -0.459 e. The smallest absolute Gasteiger partial charge is 0.289 e. The van der Waals surface area contributed by atoms with Gasteiger partial charge in [0, 0.05) is 45.4 Å². The third-order valence-electron chi connectivity index (χ3n) is 4.39. The van der Waals surface area contributed by atoms with E-state index in [9.17, 15) is 14.4 Å². The summed E-state index contributed by atoms with van der Waals surface area (Å²) in [4.78, 5) is 40.0. The summed E-state index contributed by atoms with van der Waals surface area (Å²) < 4.78 is 5.13. The van der Waals surface area contributed by atoms with Crippen LogP contribution in [0.3, 0.4) is 0 Å². The van der Waals surface area contributed by atoms with Crippen molar-refractivity contribution in [3.05, 3.63) is 29.2 Å². The SMILES string of the molecule is CCCc1nnc(NC(=O)CCC(=O)N2CCN(C(=O)c3ccco3)CC2)s1. The number of aryl methyl sites for hydroxylation is 1. The Balaban J connectivity index is 1.39. The van der Waals surface area contributed by atoms with Crippen molar-refractivity contribution in [2.75, 3.05) is 31.5 Å². The van der Waals surface area contributed by atoms with Crippen molar-refractivity contribution in [2.24, 2.45) is 0 Å². The monoisotopic (exact) mass is 405 g/mol. The van der Waals surface area contributed by atoms with Crippen LogP contribution in [0.4, 0.5) is 5.13 Å². The Hall–Kier alpha value is -2.75. The normalized spacial score (nSPS) is 14.2. The molecule has 1 fully saturated rings. The van der Waals surface area contributed by atoms with E-state index in [0.717, 1.165) is 17.8 Å². The second-order valence-corrected chi connectivity index (χ2v) is 7.51. The van der Waals surface area contributed by atoms with Crippen molar-refractivity contribution < 1.29 is 18.8 Å². The van der Waals surface area contributed by atoms with Crippen molar-refractivity contribution in [1.82, 2.24) is 20.0 Å². The molecular formula is C18H23N5O4S. The maximum absolute atomic E-state index is 12.3. The predicted octanol–water partition coefficient (Wildman–Crippen LogP) is 1.79. The van der Waals surface area contributed by atoms with Gasteiger partial charge in [-0.25, -0.2) is 0 Å². The van der Waals surface area contributed by atoms with Crippen LogP contribution >= 0.6 is 11.3 Å². The van der Waals surface area contributed by atoms with Crippen LogP contribution in [0.1, 0.15) is 41.7 Å². The molecule has 0 radical (unpaired) electrons. The summed E-state index contributed by atoms with van der Waals surface area (Å²) in [5.41, 5.74) is 0. The molecule has 1 aliphatic rings. The number of hydrogen-bond donors (Lipinski definition) is 1. The number of carbonyl (C=O) groups is 3. The largest absolute Gasteiger partial charge is 0.459 e. The average molecular weight is 405 g/mol. The molecule has 9 nitrogen and oxygen atoms in total. The first kappa shape index (κ1) is 20.0. The predicted molar refractivity (Wildman–Crippen MR) is 103 cm³/mol. The van der Waals surface area contributed by atoms with Crippen LogP contribution < -0.4 is 5.32 Å². The zero-order valence-corrected chi connectivity index (χ0v) is 16.5. The fourth-order valence-electron chi connectivity index (χ4n) is 2.89. The lowest BCUT2D eigenvalue weighted by molar-refractivity contribution is -0.134. The van der Waals surface area contributed by atoms with E-state index in [-0.39, 0.29) is 30.6 Å². The lowest BCUT2D eigenvalue weighted by Crippen LogP contribution is -2.50. The molecule has 3 heterocycles. The third-order valence-corrected chi connectivity index (χ3v) is 5.29. The van der Waals surface area contributed by atoms with Crippen LogP contribution in [-0.2, 0) is 16.0 Å². The first-order valence-electron chi connectivity index (χ1n) is 9.29. The molecule has 1 saturated heterocycles. The van der Waals surface area contributed by atoms with Crippen molar-refractivity contribution in [1.29, 1.82) is 0 Å². The summed E-state index contributed by atoms with van der Waals surface area (Å²) in [5, 5.41) is 12.0. The van der Waals surface area contributed by atoms with Crippen LogP contribution in [0.2, 0.25) is 0 Å². The highest BCUT2D eigenvalue weighted by molar-refractivity contribution is 7.15. The Kier molecular flexibility index (Phi) is 6.75. The summed E-state index contributed by atoms with van der Waals surface area (Å²) in [6, 6.07) is 3.30. The molecule has 0 aromatic carbocycles. The second-order valence-electron chi connectivity index (χ2n) is 6.45. The van der Waals surface area contributed by atoms with E-state index >= 15 is 0 Å². The number of amides is 3. The number of nitrogens with one attached hydrogen (secondary N) is 1. The highest BCUT2D eigenvalue weighted by Gasteiger charge is 2.26. The first-order valence-corrected chi connectivity index (χ1v) is 10.1. The van der Waals surface area contributed by atoms with E-state index in [1.807, 2.05) is 0 Å². The molecule has 0 saturated carbocycles. The summed E-state index contributed by atoms with van der Waals surface area (Å²) in [7, 11) is 0. The van der Waals surface area contributed by atoms with Gasteiger partial charge in [0.25, 0.3) is 5.91 Å².